The highest BCUT2D eigenvalue weighted by molar-refractivity contribution is 5.74. The molecule has 0 saturated carbocycles. The molecule has 1 heterocycles. The number of nitrogens with two attached hydrogens (primary N) is 1. The first kappa shape index (κ1) is 13.7. The lowest BCUT2D eigenvalue weighted by atomic mass is 10.3. The van der Waals surface area contributed by atoms with Gasteiger partial charge in [-0.2, -0.15) is 0 Å². The van der Waals surface area contributed by atoms with Crippen molar-refractivity contribution in [2.75, 3.05) is 39.8 Å². The van der Waals surface area contributed by atoms with Crippen LogP contribution in [0.2, 0.25) is 0 Å². The van der Waals surface area contributed by atoms with Gasteiger partial charge in [0.05, 0.1) is 6.54 Å². The van der Waals surface area contributed by atoms with Gasteiger partial charge in [-0.25, -0.2) is 14.8 Å². The van der Waals surface area contributed by atoms with Gasteiger partial charge < -0.3 is 20.8 Å². The zero-order chi connectivity index (χ0) is 13.0. The molecule has 0 aromatic carbocycles. The normalized spacial score (nSPS) is 19.9. The predicted octanol–water partition coefficient (Wildman–Crippen LogP) is -1.46. The monoisotopic (exact) mass is 246 g/mol. The Hall–Kier alpha value is -1.38. The van der Waals surface area contributed by atoms with E-state index in [4.69, 9.17) is 15.9 Å². The lowest BCUT2D eigenvalue weighted by Gasteiger charge is -2.38. The van der Waals surface area contributed by atoms with E-state index in [9.17, 15) is 9.59 Å². The van der Waals surface area contributed by atoms with Gasteiger partial charge in [0.25, 0.3) is 0 Å². The topological polar surface area (TPSA) is 110 Å². The fourth-order valence-corrected chi connectivity index (χ4v) is 1.62. The van der Waals surface area contributed by atoms with Crippen LogP contribution in [0, 0.1) is 0 Å². The Morgan fingerprint density at radius 3 is 2.24 bits per heavy atom. The van der Waals surface area contributed by atoms with E-state index in [-0.39, 0.29) is 6.54 Å². The van der Waals surface area contributed by atoms with Crippen molar-refractivity contribution in [3.8, 4) is 0 Å². The number of carboxylic acids is 1. The summed E-state index contributed by atoms with van der Waals surface area (Å²) < 4.78 is 0. The molecule has 1 fully saturated rings. The maximum atomic E-state index is 11.1. The van der Waals surface area contributed by atoms with Crippen LogP contribution in [-0.4, -0.2) is 83.0 Å². The van der Waals surface area contributed by atoms with Crippen molar-refractivity contribution < 1.29 is 19.8 Å². The molecule has 17 heavy (non-hydrogen) atoms. The molecule has 8 heteroatoms. The smallest absolute Gasteiger partial charge is 0.422 e. The summed E-state index contributed by atoms with van der Waals surface area (Å²) in [4.78, 5) is 23.8. The van der Waals surface area contributed by atoms with E-state index in [1.165, 1.54) is 0 Å². The van der Waals surface area contributed by atoms with Crippen LogP contribution in [0.4, 0.5) is 4.79 Å². The molecule has 0 aromatic rings. The van der Waals surface area contributed by atoms with Crippen molar-refractivity contribution in [2.45, 2.75) is 6.04 Å². The van der Waals surface area contributed by atoms with Crippen molar-refractivity contribution in [1.29, 1.82) is 0 Å². The highest BCUT2D eigenvalue weighted by Gasteiger charge is 2.27. The fourth-order valence-electron chi connectivity index (χ4n) is 1.62. The van der Waals surface area contributed by atoms with Crippen molar-refractivity contribution in [2.24, 2.45) is 5.73 Å². The molecule has 98 valence electrons. The lowest BCUT2D eigenvalue weighted by molar-refractivity contribution is -0.140. The van der Waals surface area contributed by atoms with Gasteiger partial charge in [-0.15, -0.1) is 0 Å². The number of hydrogen-bond acceptors (Lipinski definition) is 5. The Labute approximate surface area is 99.2 Å². The van der Waals surface area contributed by atoms with Gasteiger partial charge in [0.15, 0.2) is 0 Å². The van der Waals surface area contributed by atoms with E-state index in [1.807, 2.05) is 7.05 Å². The van der Waals surface area contributed by atoms with Crippen LogP contribution in [0.3, 0.4) is 0 Å². The first-order valence-corrected chi connectivity index (χ1v) is 5.34. The molecule has 4 N–H and O–H groups in total. The second kappa shape index (κ2) is 5.80. The fraction of sp³-hybridized carbons (Fsp3) is 0.778. The Bertz CT molecular complexity index is 291. The third-order valence-electron chi connectivity index (χ3n) is 2.73. The summed E-state index contributed by atoms with van der Waals surface area (Å²) in [6.45, 7) is 2.36. The van der Waals surface area contributed by atoms with E-state index in [2.05, 4.69) is 4.90 Å². The number of carbonyl (C=O) groups is 2. The zero-order valence-electron chi connectivity index (χ0n) is 9.74. The molecule has 0 radical (unpaired) electrons. The van der Waals surface area contributed by atoms with Crippen molar-refractivity contribution in [1.82, 2.24) is 14.9 Å². The van der Waals surface area contributed by atoms with Crippen LogP contribution >= 0.6 is 0 Å². The Kier molecular flexibility index (Phi) is 4.67. The molecule has 8 nitrogen and oxygen atoms in total. The van der Waals surface area contributed by atoms with Gasteiger partial charge in [-0.1, -0.05) is 0 Å². The van der Waals surface area contributed by atoms with E-state index in [0.717, 1.165) is 18.1 Å². The van der Waals surface area contributed by atoms with Crippen molar-refractivity contribution >= 4 is 12.1 Å². The first-order chi connectivity index (χ1) is 7.91. The van der Waals surface area contributed by atoms with Gasteiger partial charge in [0.2, 0.25) is 0 Å². The highest BCUT2D eigenvalue weighted by Crippen LogP contribution is 2.05. The predicted molar refractivity (Wildman–Crippen MR) is 59.4 cm³/mol. The van der Waals surface area contributed by atoms with E-state index < -0.39 is 18.1 Å². The van der Waals surface area contributed by atoms with Crippen molar-refractivity contribution in [3.05, 3.63) is 0 Å². The molecule has 1 atom stereocenters. The molecule has 1 unspecified atom stereocenters. The van der Waals surface area contributed by atoms with Gasteiger partial charge in [0.1, 0.15) is 6.04 Å². The third-order valence-corrected chi connectivity index (χ3v) is 2.73. The molecule has 1 aliphatic rings. The lowest BCUT2D eigenvalue weighted by Crippen LogP contribution is -2.58. The molecule has 0 spiro atoms. The van der Waals surface area contributed by atoms with E-state index >= 15 is 0 Å². The minimum atomic E-state index is -1.20. The standard InChI is InChI=1S/C9H18N4O4/c1-11-2-4-12(5-3-11)13(9(16)17)6-7(10)8(14)15/h7H,2-6,10H2,1H3,(H,14,15)(H,16,17). The molecule has 1 amide bonds. The second-order valence-electron chi connectivity index (χ2n) is 4.07. The minimum Gasteiger partial charge on any atom is -0.480 e. The number of aliphatic carboxylic acids is 1. The largest absolute Gasteiger partial charge is 0.480 e. The van der Waals surface area contributed by atoms with Crippen LogP contribution < -0.4 is 5.73 Å². The maximum Gasteiger partial charge on any atom is 0.422 e. The summed E-state index contributed by atoms with van der Waals surface area (Å²) in [5.41, 5.74) is 5.35. The number of hydrazine groups is 1. The third kappa shape index (κ3) is 3.84. The summed E-state index contributed by atoms with van der Waals surface area (Å²) in [7, 11) is 1.95. The number of likely N-dealkylation sites (N-methyl/N-ethyl adjacent to an activating group) is 1. The summed E-state index contributed by atoms with van der Waals surface area (Å²) >= 11 is 0. The summed E-state index contributed by atoms with van der Waals surface area (Å²) in [6, 6.07) is -1.20. The average molecular weight is 246 g/mol. The van der Waals surface area contributed by atoms with Crippen molar-refractivity contribution in [3.63, 3.8) is 0 Å². The maximum absolute atomic E-state index is 11.1. The number of rotatable bonds is 4. The summed E-state index contributed by atoms with van der Waals surface area (Å²) in [5, 5.41) is 20.3. The molecule has 0 aliphatic carbocycles. The number of nitrogens with zero attached hydrogens (tertiary/aromatic N) is 3. The minimum absolute atomic E-state index is 0.228. The number of piperazine rings is 1. The molecule has 1 saturated heterocycles. The molecule has 1 rings (SSSR count). The molecule has 0 aromatic heterocycles. The van der Waals surface area contributed by atoms with Crippen LogP contribution in [0.1, 0.15) is 0 Å². The molecule has 0 bridgehead atoms. The van der Waals surface area contributed by atoms with Gasteiger partial charge in [0, 0.05) is 26.2 Å². The van der Waals surface area contributed by atoms with Crippen LogP contribution in [-0.2, 0) is 4.79 Å². The van der Waals surface area contributed by atoms with E-state index in [1.54, 1.807) is 5.01 Å². The van der Waals surface area contributed by atoms with Crippen LogP contribution in [0.15, 0.2) is 0 Å². The zero-order valence-corrected chi connectivity index (χ0v) is 9.74. The summed E-state index contributed by atoms with van der Waals surface area (Å²) in [6.07, 6.45) is -1.17. The number of amides is 1. The highest BCUT2D eigenvalue weighted by atomic mass is 16.4. The Morgan fingerprint density at radius 2 is 1.82 bits per heavy atom. The number of hydrogen-bond donors (Lipinski definition) is 3. The molecule has 1 aliphatic heterocycles. The SMILES string of the molecule is CN1CCN(N(CC(N)C(=O)O)C(=O)O)CC1. The summed E-state index contributed by atoms with van der Waals surface area (Å²) in [5.74, 6) is -1.20. The first-order valence-electron chi connectivity index (χ1n) is 5.34. The van der Waals surface area contributed by atoms with Gasteiger partial charge in [-0.05, 0) is 7.05 Å². The van der Waals surface area contributed by atoms with Crippen LogP contribution in [0.25, 0.3) is 0 Å². The van der Waals surface area contributed by atoms with Gasteiger partial charge >= 0.3 is 12.1 Å². The Morgan fingerprint density at radius 1 is 1.29 bits per heavy atom. The second-order valence-corrected chi connectivity index (χ2v) is 4.07. The molecular formula is C9H18N4O4. The van der Waals surface area contributed by atoms with Gasteiger partial charge in [-0.3, -0.25) is 4.79 Å². The number of carboxylic acid groups (broad SMARTS) is 2. The average Bonchev–Trinajstić information content (AvgIpc) is 2.26. The molecular weight excluding hydrogens is 228 g/mol. The van der Waals surface area contributed by atoms with E-state index in [0.29, 0.717) is 13.1 Å². The Balaban J connectivity index is 2.60. The van der Waals surface area contributed by atoms with Crippen LogP contribution in [0.5, 0.6) is 0 Å². The quantitative estimate of drug-likeness (QED) is 0.556.